The number of rotatable bonds is 7. The van der Waals surface area contributed by atoms with Crippen molar-refractivity contribution in [2.24, 2.45) is 0 Å². The number of aromatic nitrogens is 3. The summed E-state index contributed by atoms with van der Waals surface area (Å²) in [5, 5.41) is 16.6. The highest BCUT2D eigenvalue weighted by atomic mass is 19.4. The molecule has 3 aromatic rings. The average Bonchev–Trinajstić information content (AvgIpc) is 3.44. The predicted octanol–water partition coefficient (Wildman–Crippen LogP) is 3.31. The van der Waals surface area contributed by atoms with Gasteiger partial charge >= 0.3 is 6.18 Å². The Labute approximate surface area is 235 Å². The van der Waals surface area contributed by atoms with Crippen LogP contribution in [0.3, 0.4) is 0 Å². The number of benzene rings is 1. The van der Waals surface area contributed by atoms with Gasteiger partial charge in [0.1, 0.15) is 5.60 Å². The predicted molar refractivity (Wildman–Crippen MR) is 143 cm³/mol. The molecular weight excluding hydrogens is 537 g/mol. The summed E-state index contributed by atoms with van der Waals surface area (Å²) in [5.41, 5.74) is 0.114. The number of carbonyl (C=O) groups is 2. The maximum atomic E-state index is 12.9. The maximum Gasteiger partial charge on any atom is 0.416 e. The molecule has 216 valence electrons. The van der Waals surface area contributed by atoms with Crippen molar-refractivity contribution >= 4 is 11.8 Å². The van der Waals surface area contributed by atoms with E-state index in [4.69, 9.17) is 0 Å². The standard InChI is InChI=1S/C29H31F3N6O3/c30-29(31,32)21-3-1-2-19(14-21)27(40)36-17-26(39)37-22-8-13-38(18-22)23-6-9-28(41,10-7-23)25-5-4-20(15-35-25)24-16-33-11-12-34-24/h1-5,11-12,14-16,22-23,41H,6-10,13,17-18H2,(H,36,40)(H,37,39)/t22-,23?,28?/m1/s1. The van der Waals surface area contributed by atoms with Crippen LogP contribution in [-0.4, -0.2) is 68.5 Å². The van der Waals surface area contributed by atoms with Gasteiger partial charge in [-0.2, -0.15) is 13.2 Å². The first-order chi connectivity index (χ1) is 19.6. The van der Waals surface area contributed by atoms with Gasteiger partial charge in [0.25, 0.3) is 5.91 Å². The van der Waals surface area contributed by atoms with Crippen molar-refractivity contribution < 1.29 is 27.9 Å². The number of amides is 2. The number of nitrogens with zero attached hydrogens (tertiary/aromatic N) is 4. The van der Waals surface area contributed by atoms with E-state index < -0.39 is 29.2 Å². The Morgan fingerprint density at radius 1 is 1.05 bits per heavy atom. The number of carbonyl (C=O) groups excluding carboxylic acids is 2. The van der Waals surface area contributed by atoms with E-state index in [2.05, 4.69) is 30.5 Å². The molecule has 0 unspecified atom stereocenters. The minimum absolute atomic E-state index is 0.0935. The molecule has 1 saturated heterocycles. The number of hydrogen-bond donors (Lipinski definition) is 3. The molecule has 3 N–H and O–H groups in total. The number of aliphatic hydroxyl groups is 1. The van der Waals surface area contributed by atoms with Crippen molar-refractivity contribution in [2.75, 3.05) is 19.6 Å². The first kappa shape index (κ1) is 28.6. The summed E-state index contributed by atoms with van der Waals surface area (Å²) in [6, 6.07) is 8.00. The minimum atomic E-state index is -4.56. The van der Waals surface area contributed by atoms with Gasteiger partial charge in [0, 0.05) is 54.9 Å². The fourth-order valence-corrected chi connectivity index (χ4v) is 5.59. The van der Waals surface area contributed by atoms with Gasteiger partial charge in [-0.05, 0) is 62.4 Å². The molecule has 2 amide bonds. The Hall–Kier alpha value is -3.90. The van der Waals surface area contributed by atoms with Crippen LogP contribution >= 0.6 is 0 Å². The van der Waals surface area contributed by atoms with Crippen molar-refractivity contribution in [3.8, 4) is 11.3 Å². The van der Waals surface area contributed by atoms with Crippen LogP contribution in [0.5, 0.6) is 0 Å². The van der Waals surface area contributed by atoms with Gasteiger partial charge in [0.2, 0.25) is 5.91 Å². The molecule has 1 aromatic carbocycles. The second kappa shape index (κ2) is 11.9. The Bertz CT molecular complexity index is 1360. The topological polar surface area (TPSA) is 120 Å². The number of nitrogens with one attached hydrogen (secondary N) is 2. The summed E-state index contributed by atoms with van der Waals surface area (Å²) in [4.78, 5) is 39.9. The Morgan fingerprint density at radius 2 is 1.85 bits per heavy atom. The third kappa shape index (κ3) is 6.88. The number of pyridine rings is 1. The second-order valence-corrected chi connectivity index (χ2v) is 10.6. The van der Waals surface area contributed by atoms with E-state index in [1.165, 1.54) is 6.07 Å². The van der Waals surface area contributed by atoms with Crippen LogP contribution in [0, 0.1) is 0 Å². The molecular formula is C29H31F3N6O3. The van der Waals surface area contributed by atoms with E-state index >= 15 is 0 Å². The van der Waals surface area contributed by atoms with E-state index in [9.17, 15) is 27.9 Å². The molecule has 1 atom stereocenters. The summed E-state index contributed by atoms with van der Waals surface area (Å²) in [5.74, 6) is -1.14. The molecule has 0 spiro atoms. The highest BCUT2D eigenvalue weighted by Gasteiger charge is 2.39. The molecule has 0 bridgehead atoms. The number of alkyl halides is 3. The summed E-state index contributed by atoms with van der Waals surface area (Å²) < 4.78 is 38.7. The fraction of sp³-hybridized carbons (Fsp3) is 0.414. The lowest BCUT2D eigenvalue weighted by molar-refractivity contribution is -0.137. The minimum Gasteiger partial charge on any atom is -0.384 e. The molecule has 3 heterocycles. The van der Waals surface area contributed by atoms with E-state index in [0.29, 0.717) is 25.1 Å². The van der Waals surface area contributed by atoms with Crippen LogP contribution in [-0.2, 0) is 16.6 Å². The molecule has 2 aromatic heterocycles. The molecule has 0 radical (unpaired) electrons. The summed E-state index contributed by atoms with van der Waals surface area (Å²) in [6.45, 7) is 1.13. The van der Waals surface area contributed by atoms with Crippen molar-refractivity contribution in [2.45, 2.75) is 56.0 Å². The fourth-order valence-electron chi connectivity index (χ4n) is 5.59. The zero-order chi connectivity index (χ0) is 29.0. The van der Waals surface area contributed by atoms with Crippen molar-refractivity contribution in [3.63, 3.8) is 0 Å². The quantitative estimate of drug-likeness (QED) is 0.400. The molecule has 2 aliphatic rings. The van der Waals surface area contributed by atoms with Gasteiger partial charge < -0.3 is 15.7 Å². The molecule has 41 heavy (non-hydrogen) atoms. The number of hydrogen-bond acceptors (Lipinski definition) is 7. The highest BCUT2D eigenvalue weighted by Crippen LogP contribution is 2.39. The summed E-state index contributed by atoms with van der Waals surface area (Å²) in [6.07, 6.45) is 5.52. The lowest BCUT2D eigenvalue weighted by Crippen LogP contribution is -2.45. The largest absolute Gasteiger partial charge is 0.416 e. The van der Waals surface area contributed by atoms with Gasteiger partial charge in [-0.25, -0.2) is 0 Å². The third-order valence-electron chi connectivity index (χ3n) is 7.84. The van der Waals surface area contributed by atoms with Gasteiger partial charge in [-0.15, -0.1) is 0 Å². The van der Waals surface area contributed by atoms with Crippen LogP contribution in [0.4, 0.5) is 13.2 Å². The first-order valence-electron chi connectivity index (χ1n) is 13.5. The molecule has 1 aliphatic heterocycles. The number of halogens is 3. The molecule has 9 nitrogen and oxygen atoms in total. The second-order valence-electron chi connectivity index (χ2n) is 10.6. The number of likely N-dealkylation sites (tertiary alicyclic amines) is 1. The van der Waals surface area contributed by atoms with Gasteiger partial charge in [-0.1, -0.05) is 6.07 Å². The lowest BCUT2D eigenvalue weighted by atomic mass is 9.79. The third-order valence-corrected chi connectivity index (χ3v) is 7.84. The van der Waals surface area contributed by atoms with Gasteiger partial charge in [0.15, 0.2) is 0 Å². The first-order valence-corrected chi connectivity index (χ1v) is 13.5. The SMILES string of the molecule is O=C(CNC(=O)c1cccc(C(F)(F)F)c1)N[C@@H]1CCN(C2CCC(O)(c3ccc(-c4cnccn4)cn3)CC2)C1. The molecule has 5 rings (SSSR count). The molecule has 1 aliphatic carbocycles. The van der Waals surface area contributed by atoms with Crippen molar-refractivity contribution in [1.82, 2.24) is 30.5 Å². The van der Waals surface area contributed by atoms with Crippen molar-refractivity contribution in [3.05, 3.63) is 78.0 Å². The monoisotopic (exact) mass is 568 g/mol. The highest BCUT2D eigenvalue weighted by molar-refractivity contribution is 5.96. The van der Waals surface area contributed by atoms with E-state index in [1.54, 1.807) is 24.8 Å². The smallest absolute Gasteiger partial charge is 0.384 e. The lowest BCUT2D eigenvalue weighted by Gasteiger charge is -2.39. The van der Waals surface area contributed by atoms with Crippen LogP contribution in [0.1, 0.15) is 53.7 Å². The summed E-state index contributed by atoms with van der Waals surface area (Å²) >= 11 is 0. The van der Waals surface area contributed by atoms with Crippen LogP contribution in [0.25, 0.3) is 11.3 Å². The molecule has 12 heteroatoms. The van der Waals surface area contributed by atoms with E-state index in [0.717, 1.165) is 55.3 Å². The zero-order valence-corrected chi connectivity index (χ0v) is 22.3. The summed E-state index contributed by atoms with van der Waals surface area (Å²) in [7, 11) is 0. The normalized spacial score (nSPS) is 23.2. The average molecular weight is 569 g/mol. The van der Waals surface area contributed by atoms with Crippen LogP contribution in [0.2, 0.25) is 0 Å². The Balaban J connectivity index is 1.07. The Kier molecular flexibility index (Phi) is 8.32. The van der Waals surface area contributed by atoms with Crippen molar-refractivity contribution in [1.29, 1.82) is 0 Å². The van der Waals surface area contributed by atoms with E-state index in [1.807, 2.05) is 12.1 Å². The maximum absolute atomic E-state index is 12.9. The van der Waals surface area contributed by atoms with Gasteiger partial charge in [0.05, 0.1) is 29.7 Å². The van der Waals surface area contributed by atoms with Gasteiger partial charge in [-0.3, -0.25) is 29.4 Å². The molecule has 2 fully saturated rings. The van der Waals surface area contributed by atoms with Crippen LogP contribution in [0.15, 0.2) is 61.2 Å². The van der Waals surface area contributed by atoms with Crippen LogP contribution < -0.4 is 10.6 Å². The Morgan fingerprint density at radius 3 is 2.54 bits per heavy atom. The molecule has 1 saturated carbocycles. The zero-order valence-electron chi connectivity index (χ0n) is 22.3. The van der Waals surface area contributed by atoms with E-state index in [-0.39, 0.29) is 24.2 Å².